The van der Waals surface area contributed by atoms with Gasteiger partial charge in [-0.25, -0.2) is 8.42 Å². The average molecular weight is 353 g/mol. The van der Waals surface area contributed by atoms with Gasteiger partial charge in [-0.15, -0.1) is 0 Å². The average Bonchev–Trinajstić information content (AvgIpc) is 2.46. The molecule has 0 amide bonds. The molecule has 0 saturated heterocycles. The third-order valence-corrected chi connectivity index (χ3v) is 5.47. The molecule has 0 aliphatic heterocycles. The van der Waals surface area contributed by atoms with Crippen LogP contribution in [-0.2, 0) is 16.3 Å². The summed E-state index contributed by atoms with van der Waals surface area (Å²) < 4.78 is 22.9. The van der Waals surface area contributed by atoms with E-state index in [1.807, 2.05) is 12.1 Å². The molecule has 0 fully saturated rings. The molecule has 0 aromatic heterocycles. The molecule has 2 rings (SSSR count). The molecule has 2 nitrogen and oxygen atoms in total. The van der Waals surface area contributed by atoms with E-state index in [1.165, 1.54) is 11.8 Å². The Balaban J connectivity index is 2.26. The zero-order valence-electron chi connectivity index (χ0n) is 11.5. The van der Waals surface area contributed by atoms with Gasteiger partial charge in [0.05, 0.1) is 9.72 Å². The van der Waals surface area contributed by atoms with Crippen LogP contribution in [0.15, 0.2) is 53.4 Å². The molecule has 0 radical (unpaired) electrons. The van der Waals surface area contributed by atoms with E-state index in [0.717, 1.165) is 17.5 Å². The molecule has 0 bridgehead atoms. The monoisotopic (exact) mass is 352 g/mol. The minimum atomic E-state index is -3.13. The van der Waals surface area contributed by atoms with Crippen molar-refractivity contribution in [2.75, 3.05) is 6.26 Å². The molecule has 0 heterocycles. The SMILES string of the molecule is CCc1ccc(C(Br)c2ccc(S(C)(=O)=O)cc2)cc1. The van der Waals surface area contributed by atoms with Crippen LogP contribution in [0.25, 0.3) is 0 Å². The van der Waals surface area contributed by atoms with Crippen molar-refractivity contribution in [3.05, 3.63) is 65.2 Å². The van der Waals surface area contributed by atoms with Gasteiger partial charge in [0.25, 0.3) is 0 Å². The Hall–Kier alpha value is -1.13. The first-order chi connectivity index (χ1) is 9.41. The summed E-state index contributed by atoms with van der Waals surface area (Å²) in [6, 6.07) is 15.4. The van der Waals surface area contributed by atoms with Crippen LogP contribution in [0.1, 0.15) is 28.4 Å². The maximum Gasteiger partial charge on any atom is 0.175 e. The smallest absolute Gasteiger partial charge is 0.175 e. The lowest BCUT2D eigenvalue weighted by Gasteiger charge is -2.12. The van der Waals surface area contributed by atoms with Crippen molar-refractivity contribution in [1.29, 1.82) is 0 Å². The number of benzene rings is 2. The van der Waals surface area contributed by atoms with Gasteiger partial charge in [0.1, 0.15) is 0 Å². The highest BCUT2D eigenvalue weighted by Crippen LogP contribution is 2.31. The maximum absolute atomic E-state index is 11.4. The van der Waals surface area contributed by atoms with E-state index in [1.54, 1.807) is 12.1 Å². The highest BCUT2D eigenvalue weighted by molar-refractivity contribution is 9.09. The molecule has 1 atom stereocenters. The molecular formula is C16H17BrO2S. The zero-order chi connectivity index (χ0) is 14.8. The van der Waals surface area contributed by atoms with Gasteiger partial charge in [-0.2, -0.15) is 0 Å². The molecular weight excluding hydrogens is 336 g/mol. The van der Waals surface area contributed by atoms with Crippen LogP contribution in [0, 0.1) is 0 Å². The molecule has 0 N–H and O–H groups in total. The molecule has 4 heteroatoms. The Morgan fingerprint density at radius 1 is 0.950 bits per heavy atom. The van der Waals surface area contributed by atoms with Crippen LogP contribution in [-0.4, -0.2) is 14.7 Å². The highest BCUT2D eigenvalue weighted by atomic mass is 79.9. The topological polar surface area (TPSA) is 34.1 Å². The Morgan fingerprint density at radius 3 is 1.80 bits per heavy atom. The van der Waals surface area contributed by atoms with E-state index < -0.39 is 9.84 Å². The summed E-state index contributed by atoms with van der Waals surface area (Å²) in [6.07, 6.45) is 2.24. The van der Waals surface area contributed by atoms with Crippen LogP contribution in [0.4, 0.5) is 0 Å². The van der Waals surface area contributed by atoms with Gasteiger partial charge < -0.3 is 0 Å². The van der Waals surface area contributed by atoms with Gasteiger partial charge in [-0.3, -0.25) is 0 Å². The van der Waals surface area contributed by atoms with E-state index in [4.69, 9.17) is 0 Å². The Bertz CT molecular complexity index is 673. The number of sulfone groups is 1. The minimum Gasteiger partial charge on any atom is -0.224 e. The lowest BCUT2D eigenvalue weighted by Crippen LogP contribution is -1.98. The van der Waals surface area contributed by atoms with Crippen molar-refractivity contribution >= 4 is 25.8 Å². The van der Waals surface area contributed by atoms with Gasteiger partial charge in [0, 0.05) is 6.26 Å². The van der Waals surface area contributed by atoms with Crippen molar-refractivity contribution in [2.24, 2.45) is 0 Å². The van der Waals surface area contributed by atoms with Crippen molar-refractivity contribution in [1.82, 2.24) is 0 Å². The fourth-order valence-electron chi connectivity index (χ4n) is 2.00. The third-order valence-electron chi connectivity index (χ3n) is 3.28. The molecule has 20 heavy (non-hydrogen) atoms. The van der Waals surface area contributed by atoms with E-state index in [9.17, 15) is 8.42 Å². The van der Waals surface area contributed by atoms with Crippen molar-refractivity contribution < 1.29 is 8.42 Å². The van der Waals surface area contributed by atoms with Crippen molar-refractivity contribution in [3.63, 3.8) is 0 Å². The number of rotatable bonds is 4. The summed E-state index contributed by atoms with van der Waals surface area (Å²) >= 11 is 3.67. The minimum absolute atomic E-state index is 0.0713. The Morgan fingerprint density at radius 2 is 1.40 bits per heavy atom. The highest BCUT2D eigenvalue weighted by Gasteiger charge is 2.12. The first-order valence-corrected chi connectivity index (χ1v) is 9.25. The first kappa shape index (κ1) is 15.3. The summed E-state index contributed by atoms with van der Waals surface area (Å²) in [7, 11) is -3.13. The summed E-state index contributed by atoms with van der Waals surface area (Å²) in [5.41, 5.74) is 3.51. The second kappa shape index (κ2) is 6.10. The van der Waals surface area contributed by atoms with Gasteiger partial charge in [0.15, 0.2) is 9.84 Å². The van der Waals surface area contributed by atoms with Gasteiger partial charge in [-0.05, 0) is 35.2 Å². The van der Waals surface area contributed by atoms with Gasteiger partial charge in [-0.1, -0.05) is 59.3 Å². The van der Waals surface area contributed by atoms with Crippen LogP contribution < -0.4 is 0 Å². The molecule has 0 aliphatic rings. The second-order valence-corrected chi connectivity index (χ2v) is 7.73. The van der Waals surface area contributed by atoms with Crippen LogP contribution in [0.5, 0.6) is 0 Å². The maximum atomic E-state index is 11.4. The van der Waals surface area contributed by atoms with Crippen LogP contribution in [0.3, 0.4) is 0 Å². The molecule has 0 aliphatic carbocycles. The predicted molar refractivity (Wildman–Crippen MR) is 86.1 cm³/mol. The van der Waals surface area contributed by atoms with E-state index in [0.29, 0.717) is 4.90 Å². The zero-order valence-corrected chi connectivity index (χ0v) is 13.9. The lowest BCUT2D eigenvalue weighted by molar-refractivity contribution is 0.602. The number of aryl methyl sites for hydroxylation is 1. The number of alkyl halides is 1. The second-order valence-electron chi connectivity index (χ2n) is 4.80. The molecule has 2 aromatic carbocycles. The van der Waals surface area contributed by atoms with Gasteiger partial charge >= 0.3 is 0 Å². The standard InChI is InChI=1S/C16H17BrO2S/c1-3-12-4-6-13(7-5-12)16(17)14-8-10-15(11-9-14)20(2,18)19/h4-11,16H,3H2,1-2H3. The van der Waals surface area contributed by atoms with Crippen LogP contribution >= 0.6 is 15.9 Å². The Kier molecular flexibility index (Phi) is 4.66. The van der Waals surface area contributed by atoms with Gasteiger partial charge in [0.2, 0.25) is 0 Å². The number of hydrogen-bond acceptors (Lipinski definition) is 2. The normalized spacial score (nSPS) is 13.2. The molecule has 0 saturated carbocycles. The molecule has 106 valence electrons. The van der Waals surface area contributed by atoms with Crippen molar-refractivity contribution in [2.45, 2.75) is 23.1 Å². The molecule has 0 spiro atoms. The van der Waals surface area contributed by atoms with E-state index in [2.05, 4.69) is 47.1 Å². The summed E-state index contributed by atoms with van der Waals surface area (Å²) in [5.74, 6) is 0. The number of halogens is 1. The summed E-state index contributed by atoms with van der Waals surface area (Å²) in [5, 5.41) is 0. The van der Waals surface area contributed by atoms with Crippen LogP contribution in [0.2, 0.25) is 0 Å². The fourth-order valence-corrected chi connectivity index (χ4v) is 3.24. The van der Waals surface area contributed by atoms with E-state index in [-0.39, 0.29) is 4.83 Å². The summed E-state index contributed by atoms with van der Waals surface area (Å²) in [6.45, 7) is 2.13. The summed E-state index contributed by atoms with van der Waals surface area (Å²) in [4.78, 5) is 0.421. The van der Waals surface area contributed by atoms with Crippen molar-refractivity contribution in [3.8, 4) is 0 Å². The third kappa shape index (κ3) is 3.49. The largest absolute Gasteiger partial charge is 0.224 e. The predicted octanol–water partition coefficient (Wildman–Crippen LogP) is 4.14. The quantitative estimate of drug-likeness (QED) is 0.775. The van der Waals surface area contributed by atoms with E-state index >= 15 is 0 Å². The fraction of sp³-hybridized carbons (Fsp3) is 0.250. The lowest BCUT2D eigenvalue weighted by atomic mass is 10.0. The molecule has 2 aromatic rings. The number of hydrogen-bond donors (Lipinski definition) is 0. The molecule has 1 unspecified atom stereocenters. The first-order valence-electron chi connectivity index (χ1n) is 6.44. The Labute approximate surface area is 128 Å².